The molecule has 0 spiro atoms. The van der Waals surface area contributed by atoms with Gasteiger partial charge in [-0.15, -0.1) is 0 Å². The molecule has 3 aliphatic rings. The molecule has 30 heavy (non-hydrogen) atoms. The minimum Gasteiger partial charge on any atom is -0.371 e. The molecule has 4 nitrogen and oxygen atoms in total. The molecule has 160 valence electrons. The second kappa shape index (κ2) is 8.44. The zero-order valence-electron chi connectivity index (χ0n) is 18.0. The predicted molar refractivity (Wildman–Crippen MR) is 122 cm³/mol. The number of likely N-dealkylation sites (N-methyl/N-ethyl adjacent to an activating group) is 1. The van der Waals surface area contributed by atoms with E-state index in [4.69, 9.17) is 4.98 Å². The maximum absolute atomic E-state index is 13.7. The molecule has 3 heterocycles. The molecule has 2 bridgehead atoms. The van der Waals surface area contributed by atoms with E-state index in [0.717, 1.165) is 55.8 Å². The van der Waals surface area contributed by atoms with Crippen molar-refractivity contribution in [1.82, 2.24) is 4.98 Å². The van der Waals surface area contributed by atoms with Gasteiger partial charge in [0.1, 0.15) is 11.6 Å². The SMILES string of the molecule is CCN(c1cc(N2CC3CCC(C3)C2)ccn1)[C@H]1CCCN(c2cccc(F)c2)C1. The van der Waals surface area contributed by atoms with Gasteiger partial charge in [0.15, 0.2) is 0 Å². The van der Waals surface area contributed by atoms with Gasteiger partial charge in [-0.05, 0) is 75.1 Å². The Balaban J connectivity index is 1.33. The van der Waals surface area contributed by atoms with Crippen LogP contribution < -0.4 is 14.7 Å². The summed E-state index contributed by atoms with van der Waals surface area (Å²) in [5.41, 5.74) is 2.31. The third-order valence-electron chi connectivity index (χ3n) is 7.35. The summed E-state index contributed by atoms with van der Waals surface area (Å²) in [6.07, 6.45) is 8.48. The Morgan fingerprint density at radius 2 is 1.80 bits per heavy atom. The Morgan fingerprint density at radius 1 is 1.00 bits per heavy atom. The highest BCUT2D eigenvalue weighted by Gasteiger charge is 2.33. The lowest BCUT2D eigenvalue weighted by Crippen LogP contribution is -2.48. The molecule has 2 unspecified atom stereocenters. The van der Waals surface area contributed by atoms with Crippen LogP contribution in [0, 0.1) is 17.7 Å². The molecule has 5 rings (SSSR count). The molecule has 0 amide bonds. The van der Waals surface area contributed by atoms with Crippen LogP contribution in [0.2, 0.25) is 0 Å². The number of nitrogens with zero attached hydrogens (tertiary/aromatic N) is 4. The first-order valence-electron chi connectivity index (χ1n) is 11.7. The predicted octanol–water partition coefficient (Wildman–Crippen LogP) is 4.95. The molecule has 2 aromatic rings. The van der Waals surface area contributed by atoms with Crippen LogP contribution in [-0.4, -0.2) is 43.7 Å². The monoisotopic (exact) mass is 408 g/mol. The fourth-order valence-electron chi connectivity index (χ4n) is 5.90. The lowest BCUT2D eigenvalue weighted by Gasteiger charge is -2.41. The summed E-state index contributed by atoms with van der Waals surface area (Å²) in [5, 5.41) is 0. The number of benzene rings is 1. The number of hydrogen-bond acceptors (Lipinski definition) is 4. The number of hydrogen-bond donors (Lipinski definition) is 0. The van der Waals surface area contributed by atoms with Gasteiger partial charge >= 0.3 is 0 Å². The first-order valence-corrected chi connectivity index (χ1v) is 11.7. The van der Waals surface area contributed by atoms with Gasteiger partial charge in [0.2, 0.25) is 0 Å². The largest absolute Gasteiger partial charge is 0.371 e. The Hall–Kier alpha value is -2.30. The number of anilines is 3. The number of halogens is 1. The fraction of sp³-hybridized carbons (Fsp3) is 0.560. The maximum Gasteiger partial charge on any atom is 0.130 e. The van der Waals surface area contributed by atoms with E-state index in [2.05, 4.69) is 33.8 Å². The fourth-order valence-corrected chi connectivity index (χ4v) is 5.90. The van der Waals surface area contributed by atoms with Gasteiger partial charge in [-0.1, -0.05) is 6.07 Å². The maximum atomic E-state index is 13.7. The molecule has 0 radical (unpaired) electrons. The Labute approximate surface area is 179 Å². The van der Waals surface area contributed by atoms with Gasteiger partial charge in [0.05, 0.1) is 0 Å². The van der Waals surface area contributed by atoms with Gasteiger partial charge in [0.25, 0.3) is 0 Å². The molecular formula is C25H33FN4. The van der Waals surface area contributed by atoms with Crippen molar-refractivity contribution < 1.29 is 4.39 Å². The van der Waals surface area contributed by atoms with E-state index in [-0.39, 0.29) is 5.82 Å². The summed E-state index contributed by atoms with van der Waals surface area (Å²) in [6.45, 7) is 7.45. The molecule has 1 aliphatic carbocycles. The smallest absolute Gasteiger partial charge is 0.130 e. The number of rotatable bonds is 5. The summed E-state index contributed by atoms with van der Waals surface area (Å²) in [4.78, 5) is 12.1. The second-order valence-electron chi connectivity index (χ2n) is 9.33. The number of piperidine rings is 2. The van der Waals surface area contributed by atoms with Crippen molar-refractivity contribution in [3.8, 4) is 0 Å². The third-order valence-corrected chi connectivity index (χ3v) is 7.35. The number of pyridine rings is 1. The molecule has 2 saturated heterocycles. The Kier molecular flexibility index (Phi) is 5.53. The Morgan fingerprint density at radius 3 is 2.57 bits per heavy atom. The first-order chi connectivity index (χ1) is 14.7. The van der Waals surface area contributed by atoms with Crippen LogP contribution in [0.1, 0.15) is 39.0 Å². The van der Waals surface area contributed by atoms with Crippen LogP contribution in [0.15, 0.2) is 42.6 Å². The van der Waals surface area contributed by atoms with Crippen LogP contribution in [-0.2, 0) is 0 Å². The zero-order valence-corrected chi connectivity index (χ0v) is 18.0. The van der Waals surface area contributed by atoms with Crippen molar-refractivity contribution in [3.63, 3.8) is 0 Å². The van der Waals surface area contributed by atoms with Gasteiger partial charge < -0.3 is 14.7 Å². The number of aromatic nitrogens is 1. The van der Waals surface area contributed by atoms with E-state index in [9.17, 15) is 4.39 Å². The first kappa shape index (κ1) is 19.7. The molecule has 1 saturated carbocycles. The zero-order chi connectivity index (χ0) is 20.5. The van der Waals surface area contributed by atoms with Crippen molar-refractivity contribution in [2.45, 2.75) is 45.1 Å². The minimum absolute atomic E-state index is 0.160. The Bertz CT molecular complexity index is 860. The topological polar surface area (TPSA) is 22.6 Å². The summed E-state index contributed by atoms with van der Waals surface area (Å²) >= 11 is 0. The summed E-state index contributed by atoms with van der Waals surface area (Å²) in [5.74, 6) is 2.67. The lowest BCUT2D eigenvalue weighted by molar-refractivity contribution is 0.421. The average molecular weight is 409 g/mol. The molecule has 2 aliphatic heterocycles. The van der Waals surface area contributed by atoms with E-state index >= 15 is 0 Å². The van der Waals surface area contributed by atoms with Gasteiger partial charge in [-0.25, -0.2) is 9.37 Å². The van der Waals surface area contributed by atoms with Crippen LogP contribution >= 0.6 is 0 Å². The van der Waals surface area contributed by atoms with Gasteiger partial charge in [-0.2, -0.15) is 0 Å². The summed E-state index contributed by atoms with van der Waals surface area (Å²) in [6, 6.07) is 11.9. The average Bonchev–Trinajstić information content (AvgIpc) is 3.12. The highest BCUT2D eigenvalue weighted by Crippen LogP contribution is 2.38. The van der Waals surface area contributed by atoms with E-state index in [0.29, 0.717) is 6.04 Å². The molecule has 1 aromatic carbocycles. The molecule has 5 heteroatoms. The van der Waals surface area contributed by atoms with Crippen LogP contribution in [0.4, 0.5) is 21.6 Å². The second-order valence-corrected chi connectivity index (χ2v) is 9.33. The minimum atomic E-state index is -0.160. The van der Waals surface area contributed by atoms with E-state index in [1.807, 2.05) is 18.3 Å². The summed E-state index contributed by atoms with van der Waals surface area (Å²) in [7, 11) is 0. The van der Waals surface area contributed by atoms with Crippen LogP contribution in [0.5, 0.6) is 0 Å². The van der Waals surface area contributed by atoms with E-state index in [1.54, 1.807) is 6.07 Å². The number of fused-ring (bicyclic) bond motifs is 2. The quantitative estimate of drug-likeness (QED) is 0.698. The van der Waals surface area contributed by atoms with E-state index in [1.165, 1.54) is 44.1 Å². The molecule has 1 aromatic heterocycles. The normalized spacial score (nSPS) is 26.1. The summed E-state index contributed by atoms with van der Waals surface area (Å²) < 4.78 is 13.7. The lowest BCUT2D eigenvalue weighted by atomic mass is 9.98. The van der Waals surface area contributed by atoms with Crippen molar-refractivity contribution >= 4 is 17.2 Å². The van der Waals surface area contributed by atoms with Crippen molar-refractivity contribution in [2.24, 2.45) is 11.8 Å². The van der Waals surface area contributed by atoms with Crippen molar-refractivity contribution in [2.75, 3.05) is 47.4 Å². The standard InChI is InChI=1S/C25H33FN4/c1-2-30(24-7-4-12-28(18-24)22-6-3-5-21(26)14-22)25-15-23(10-11-27-25)29-16-19-8-9-20(13-19)17-29/h3,5-6,10-11,14-15,19-20,24H,2,4,7-9,12-13,16-18H2,1H3/t19?,20?,24-/m0/s1. The van der Waals surface area contributed by atoms with Crippen molar-refractivity contribution in [3.05, 3.63) is 48.4 Å². The third kappa shape index (κ3) is 3.99. The van der Waals surface area contributed by atoms with Crippen molar-refractivity contribution in [1.29, 1.82) is 0 Å². The van der Waals surface area contributed by atoms with Gasteiger partial charge in [0, 0.05) is 62.4 Å². The van der Waals surface area contributed by atoms with E-state index < -0.39 is 0 Å². The van der Waals surface area contributed by atoms with Crippen LogP contribution in [0.25, 0.3) is 0 Å². The van der Waals surface area contributed by atoms with Crippen LogP contribution in [0.3, 0.4) is 0 Å². The molecular weight excluding hydrogens is 375 g/mol. The highest BCUT2D eigenvalue weighted by atomic mass is 19.1. The van der Waals surface area contributed by atoms with Gasteiger partial charge in [-0.3, -0.25) is 0 Å². The molecule has 0 N–H and O–H groups in total. The molecule has 3 atom stereocenters. The molecule has 3 fully saturated rings. The highest BCUT2D eigenvalue weighted by molar-refractivity contribution is 5.56.